The monoisotopic (exact) mass is 442 g/mol. The summed E-state index contributed by atoms with van der Waals surface area (Å²) in [5.74, 6) is 0.418. The summed E-state index contributed by atoms with van der Waals surface area (Å²) in [7, 11) is -3.64. The Morgan fingerprint density at radius 3 is 2.42 bits per heavy atom. The number of H-pyrrole nitrogens is 1. The summed E-state index contributed by atoms with van der Waals surface area (Å²) in [5.41, 5.74) is 6.85. The quantitative estimate of drug-likeness (QED) is 0.738. The van der Waals surface area contributed by atoms with Gasteiger partial charge in [0.15, 0.2) is 0 Å². The van der Waals surface area contributed by atoms with Gasteiger partial charge in [0.25, 0.3) is 15.2 Å². The van der Waals surface area contributed by atoms with Crippen LogP contribution in [-0.2, 0) is 35.7 Å². The number of rotatable bonds is 5. The molecule has 2 aromatic rings. The molecule has 0 unspecified atom stereocenters. The van der Waals surface area contributed by atoms with Crippen LogP contribution in [0.1, 0.15) is 48.4 Å². The predicted octanol–water partition coefficient (Wildman–Crippen LogP) is 2.24. The average molecular weight is 443 g/mol. The van der Waals surface area contributed by atoms with E-state index in [0.29, 0.717) is 19.0 Å². The highest BCUT2D eigenvalue weighted by Crippen LogP contribution is 2.42. The molecule has 2 aliphatic heterocycles. The summed E-state index contributed by atoms with van der Waals surface area (Å²) < 4.78 is 27.7. The Morgan fingerprint density at radius 1 is 1.06 bits per heavy atom. The molecule has 8 nitrogen and oxygen atoms in total. The van der Waals surface area contributed by atoms with Crippen molar-refractivity contribution in [2.45, 2.75) is 57.0 Å². The van der Waals surface area contributed by atoms with Gasteiger partial charge in [-0.15, -0.1) is 10.2 Å². The normalized spacial score (nSPS) is 22.6. The minimum Gasteiger partial charge on any atom is -0.324 e. The molecule has 0 atom stereocenters. The van der Waals surface area contributed by atoms with E-state index >= 15 is 0 Å². The standard InChI is InChI=1S/C22H30N6O2S/c1-2-27-10-9-22(12-27)13-28(14-22)31(29,30)21-24-20(25-26-21)23-19-17-7-3-5-15(17)11-16-6-4-8-18(16)19/h11H,2-10,12-14H2,1H3,(H2,23,24,25,26). The predicted molar refractivity (Wildman–Crippen MR) is 118 cm³/mol. The van der Waals surface area contributed by atoms with E-state index in [2.05, 4.69) is 38.4 Å². The highest BCUT2D eigenvalue weighted by molar-refractivity contribution is 7.89. The maximum Gasteiger partial charge on any atom is 0.278 e. The van der Waals surface area contributed by atoms with Gasteiger partial charge in [0, 0.05) is 30.7 Å². The van der Waals surface area contributed by atoms with Crippen LogP contribution in [0.5, 0.6) is 0 Å². The van der Waals surface area contributed by atoms with Crippen LogP contribution in [-0.4, -0.2) is 65.5 Å². The molecule has 2 saturated heterocycles. The third-order valence-corrected chi connectivity index (χ3v) is 9.37. The molecular formula is C22H30N6O2S. The van der Waals surface area contributed by atoms with Crippen molar-refractivity contribution in [3.05, 3.63) is 28.3 Å². The molecule has 9 heteroatoms. The number of nitrogens with zero attached hydrogens (tertiary/aromatic N) is 4. The van der Waals surface area contributed by atoms with Crippen molar-refractivity contribution in [3.8, 4) is 0 Å². The smallest absolute Gasteiger partial charge is 0.278 e. The lowest BCUT2D eigenvalue weighted by Crippen LogP contribution is -2.59. The van der Waals surface area contributed by atoms with Crippen molar-refractivity contribution in [2.24, 2.45) is 5.41 Å². The fourth-order valence-electron chi connectivity index (χ4n) is 6.05. The number of benzene rings is 1. The molecule has 4 aliphatic rings. The molecule has 2 aliphatic carbocycles. The van der Waals surface area contributed by atoms with Crippen molar-refractivity contribution in [1.29, 1.82) is 0 Å². The Bertz CT molecular complexity index is 1100. The zero-order valence-corrected chi connectivity index (χ0v) is 18.9. The summed E-state index contributed by atoms with van der Waals surface area (Å²) in [5, 5.41) is 11.5. The number of nitrogens with one attached hydrogen (secondary N) is 2. The van der Waals surface area contributed by atoms with Gasteiger partial charge in [-0.25, -0.2) is 8.42 Å². The molecule has 166 valence electrons. The Labute approximate surface area is 183 Å². The number of likely N-dealkylation sites (tertiary alicyclic amines) is 1. The van der Waals surface area contributed by atoms with E-state index < -0.39 is 10.0 Å². The van der Waals surface area contributed by atoms with Crippen LogP contribution in [0.2, 0.25) is 0 Å². The first-order chi connectivity index (χ1) is 15.0. The van der Waals surface area contributed by atoms with Gasteiger partial charge >= 0.3 is 0 Å². The van der Waals surface area contributed by atoms with E-state index in [1.165, 1.54) is 35.1 Å². The molecule has 2 fully saturated rings. The Morgan fingerprint density at radius 2 is 1.77 bits per heavy atom. The number of aromatic nitrogens is 3. The lowest BCUT2D eigenvalue weighted by Gasteiger charge is -2.46. The fourth-order valence-corrected chi connectivity index (χ4v) is 7.56. The SMILES string of the molecule is CCN1CCC2(C1)CN(S(=O)(=O)c1nnc(Nc3c4c(cc5c3CCC5)CCC4)[nH]1)C2. The van der Waals surface area contributed by atoms with Gasteiger partial charge in [-0.1, -0.05) is 13.0 Å². The minimum atomic E-state index is -3.64. The van der Waals surface area contributed by atoms with Crippen molar-refractivity contribution in [3.63, 3.8) is 0 Å². The fraction of sp³-hybridized carbons (Fsp3) is 0.636. The molecule has 0 radical (unpaired) electrons. The lowest BCUT2D eigenvalue weighted by molar-refractivity contribution is 0.0782. The summed E-state index contributed by atoms with van der Waals surface area (Å²) in [4.78, 5) is 5.36. The third-order valence-electron chi connectivity index (χ3n) is 7.75. The van der Waals surface area contributed by atoms with Crippen LogP contribution in [0.4, 0.5) is 11.6 Å². The summed E-state index contributed by atoms with van der Waals surface area (Å²) in [6.07, 6.45) is 7.80. The second-order valence-corrected chi connectivity index (χ2v) is 11.6. The van der Waals surface area contributed by atoms with Gasteiger partial charge in [0.05, 0.1) is 0 Å². The minimum absolute atomic E-state index is 0.0561. The molecule has 6 rings (SSSR count). The van der Waals surface area contributed by atoms with Crippen molar-refractivity contribution >= 4 is 21.7 Å². The van der Waals surface area contributed by atoms with E-state index in [4.69, 9.17) is 0 Å². The molecule has 2 N–H and O–H groups in total. The first kappa shape index (κ1) is 19.7. The average Bonchev–Trinajstić information content (AvgIpc) is 3.50. The van der Waals surface area contributed by atoms with Crippen LogP contribution in [0, 0.1) is 5.41 Å². The number of sulfonamides is 1. The maximum atomic E-state index is 13.1. The molecule has 0 bridgehead atoms. The molecule has 31 heavy (non-hydrogen) atoms. The second kappa shape index (κ2) is 7.02. The second-order valence-electron chi connectivity index (χ2n) is 9.73. The van der Waals surface area contributed by atoms with E-state index in [0.717, 1.165) is 57.4 Å². The van der Waals surface area contributed by atoms with E-state index in [-0.39, 0.29) is 10.6 Å². The number of anilines is 2. The number of aryl methyl sites for hydroxylation is 2. The summed E-state index contributed by atoms with van der Waals surface area (Å²) in [6.45, 7) is 6.39. The summed E-state index contributed by atoms with van der Waals surface area (Å²) >= 11 is 0. The van der Waals surface area contributed by atoms with Gasteiger partial charge in [-0.2, -0.15) is 4.31 Å². The highest BCUT2D eigenvalue weighted by atomic mass is 32.2. The third kappa shape index (κ3) is 3.12. The largest absolute Gasteiger partial charge is 0.324 e. The zero-order valence-electron chi connectivity index (χ0n) is 18.1. The molecule has 1 aromatic heterocycles. The number of fused-ring (bicyclic) bond motifs is 2. The Balaban J connectivity index is 1.22. The van der Waals surface area contributed by atoms with Crippen LogP contribution in [0.15, 0.2) is 11.2 Å². The van der Waals surface area contributed by atoms with E-state index in [1.54, 1.807) is 4.31 Å². The number of hydrogen-bond acceptors (Lipinski definition) is 6. The van der Waals surface area contributed by atoms with Gasteiger partial charge in [0.1, 0.15) is 0 Å². The van der Waals surface area contributed by atoms with Crippen LogP contribution in [0.3, 0.4) is 0 Å². The topological polar surface area (TPSA) is 94.2 Å². The molecular weight excluding hydrogens is 412 g/mol. The lowest BCUT2D eigenvalue weighted by atomic mass is 9.81. The Hall–Kier alpha value is -1.97. The molecule has 1 spiro atoms. The van der Waals surface area contributed by atoms with E-state index in [1.807, 2.05) is 0 Å². The van der Waals surface area contributed by atoms with Crippen molar-refractivity contribution in [2.75, 3.05) is 38.0 Å². The summed E-state index contributed by atoms with van der Waals surface area (Å²) in [6, 6.07) is 2.38. The first-order valence-electron chi connectivity index (χ1n) is 11.6. The van der Waals surface area contributed by atoms with Crippen LogP contribution in [0.25, 0.3) is 0 Å². The highest BCUT2D eigenvalue weighted by Gasteiger charge is 2.52. The van der Waals surface area contributed by atoms with Gasteiger partial charge in [-0.05, 0) is 80.3 Å². The Kier molecular flexibility index (Phi) is 4.46. The number of hydrogen-bond donors (Lipinski definition) is 2. The molecule has 3 heterocycles. The number of aromatic amines is 1. The van der Waals surface area contributed by atoms with Crippen molar-refractivity contribution in [1.82, 2.24) is 24.4 Å². The molecule has 0 saturated carbocycles. The van der Waals surface area contributed by atoms with Gasteiger partial charge in [0.2, 0.25) is 5.95 Å². The van der Waals surface area contributed by atoms with Crippen LogP contribution < -0.4 is 5.32 Å². The van der Waals surface area contributed by atoms with Crippen molar-refractivity contribution < 1.29 is 8.42 Å². The molecule has 1 aromatic carbocycles. The molecule has 0 amide bonds. The van der Waals surface area contributed by atoms with E-state index in [9.17, 15) is 8.42 Å². The van der Waals surface area contributed by atoms with Gasteiger partial charge in [-0.3, -0.25) is 4.98 Å². The zero-order chi connectivity index (χ0) is 21.2. The van der Waals surface area contributed by atoms with Gasteiger partial charge < -0.3 is 10.2 Å². The first-order valence-corrected chi connectivity index (χ1v) is 13.0. The maximum absolute atomic E-state index is 13.1. The van der Waals surface area contributed by atoms with Crippen LogP contribution >= 0.6 is 0 Å².